The zero-order valence-corrected chi connectivity index (χ0v) is 16.4. The number of carbonyl (C=O) groups excluding carboxylic acids is 1. The maximum atomic E-state index is 13.7. The van der Waals surface area contributed by atoms with Crippen molar-refractivity contribution in [1.29, 1.82) is 0 Å². The van der Waals surface area contributed by atoms with Crippen molar-refractivity contribution in [3.8, 4) is 5.75 Å². The normalized spacial score (nSPS) is 16.0. The van der Waals surface area contributed by atoms with Gasteiger partial charge in [0.2, 0.25) is 0 Å². The zero-order valence-electron chi connectivity index (χ0n) is 16.4. The molecule has 0 radical (unpaired) electrons. The highest BCUT2D eigenvalue weighted by Crippen LogP contribution is 2.24. The Labute approximate surface area is 173 Å². The number of rotatable bonds is 7. The van der Waals surface area contributed by atoms with Crippen LogP contribution in [0.3, 0.4) is 0 Å². The topological polar surface area (TPSA) is 54.5 Å². The molecule has 1 N–H and O–H groups in total. The summed E-state index contributed by atoms with van der Waals surface area (Å²) in [5.41, 5.74) is 2.59. The van der Waals surface area contributed by atoms with Gasteiger partial charge in [-0.25, -0.2) is 9.18 Å². The molecule has 1 aliphatic rings. The SMILES string of the molecule is O=C(Nc1cccnc1)N1CCC(=Cc2cccc(OC(F)C(F)CCF)c2)CC1. The molecule has 3 rings (SSSR count). The van der Waals surface area contributed by atoms with Crippen LogP contribution in [0.15, 0.2) is 54.4 Å². The summed E-state index contributed by atoms with van der Waals surface area (Å²) in [6, 6.07) is 10.0. The molecular weight excluding hydrogens is 395 g/mol. The van der Waals surface area contributed by atoms with Gasteiger partial charge in [0.15, 0.2) is 6.17 Å². The minimum atomic E-state index is -2.20. The third kappa shape index (κ3) is 6.23. The number of ether oxygens (including phenoxy) is 1. The van der Waals surface area contributed by atoms with Crippen molar-refractivity contribution in [1.82, 2.24) is 9.88 Å². The lowest BCUT2D eigenvalue weighted by Gasteiger charge is -2.28. The molecule has 2 amide bonds. The van der Waals surface area contributed by atoms with E-state index >= 15 is 0 Å². The Balaban J connectivity index is 1.54. The molecule has 1 fully saturated rings. The summed E-state index contributed by atoms with van der Waals surface area (Å²) in [4.78, 5) is 18.1. The van der Waals surface area contributed by atoms with E-state index in [0.717, 1.165) is 11.1 Å². The van der Waals surface area contributed by atoms with Gasteiger partial charge in [-0.05, 0) is 42.7 Å². The van der Waals surface area contributed by atoms with Crippen LogP contribution < -0.4 is 10.1 Å². The van der Waals surface area contributed by atoms with E-state index in [1.807, 2.05) is 12.1 Å². The van der Waals surface area contributed by atoms with Gasteiger partial charge in [0, 0.05) is 25.7 Å². The Kier molecular flexibility index (Phi) is 7.70. The number of likely N-dealkylation sites (tertiary alicyclic amines) is 1. The first-order valence-electron chi connectivity index (χ1n) is 9.81. The molecule has 1 aromatic heterocycles. The van der Waals surface area contributed by atoms with Gasteiger partial charge in [-0.15, -0.1) is 0 Å². The molecule has 160 valence electrons. The summed E-state index contributed by atoms with van der Waals surface area (Å²) >= 11 is 0. The van der Waals surface area contributed by atoms with Gasteiger partial charge >= 0.3 is 6.03 Å². The molecular formula is C22H24F3N3O2. The fourth-order valence-corrected chi connectivity index (χ4v) is 3.13. The summed E-state index contributed by atoms with van der Waals surface area (Å²) in [5.74, 6) is 0.187. The van der Waals surface area contributed by atoms with Crippen LogP contribution in [0.25, 0.3) is 6.08 Å². The van der Waals surface area contributed by atoms with Gasteiger partial charge in [0.25, 0.3) is 6.36 Å². The number of urea groups is 1. The molecule has 5 nitrogen and oxygen atoms in total. The average Bonchev–Trinajstić information content (AvgIpc) is 2.75. The third-order valence-corrected chi connectivity index (χ3v) is 4.75. The van der Waals surface area contributed by atoms with E-state index in [-0.39, 0.29) is 11.8 Å². The second-order valence-corrected chi connectivity index (χ2v) is 7.00. The Morgan fingerprint density at radius 3 is 2.73 bits per heavy atom. The van der Waals surface area contributed by atoms with Crippen molar-refractivity contribution >= 4 is 17.8 Å². The standard InChI is InChI=1S/C22H24F3N3O2/c23-9-6-20(24)21(25)30-19-5-1-3-17(14-19)13-16-7-11-28(12-8-16)22(29)27-18-4-2-10-26-15-18/h1-5,10,13-15,20-21H,6-9,11-12H2,(H,27,29). The summed E-state index contributed by atoms with van der Waals surface area (Å²) in [7, 11) is 0. The molecule has 0 aliphatic carbocycles. The number of aromatic nitrogens is 1. The van der Waals surface area contributed by atoms with Gasteiger partial charge in [-0.2, -0.15) is 4.39 Å². The van der Waals surface area contributed by atoms with Crippen molar-refractivity contribution < 1.29 is 22.7 Å². The lowest BCUT2D eigenvalue weighted by atomic mass is 10.0. The molecule has 8 heteroatoms. The van der Waals surface area contributed by atoms with Gasteiger partial charge < -0.3 is 15.0 Å². The van der Waals surface area contributed by atoms with Crippen LogP contribution in [0.2, 0.25) is 0 Å². The van der Waals surface area contributed by atoms with E-state index in [4.69, 9.17) is 4.74 Å². The number of benzene rings is 1. The number of nitrogens with zero attached hydrogens (tertiary/aromatic N) is 2. The van der Waals surface area contributed by atoms with Gasteiger partial charge in [0.1, 0.15) is 5.75 Å². The second kappa shape index (κ2) is 10.7. The molecule has 0 spiro atoms. The first-order valence-corrected chi connectivity index (χ1v) is 9.81. The van der Waals surface area contributed by atoms with Crippen LogP contribution in [-0.2, 0) is 0 Å². The summed E-state index contributed by atoms with van der Waals surface area (Å²) < 4.78 is 44.2. The van der Waals surface area contributed by atoms with Crippen molar-refractivity contribution in [2.45, 2.75) is 31.8 Å². The Morgan fingerprint density at radius 2 is 2.03 bits per heavy atom. The van der Waals surface area contributed by atoms with Crippen LogP contribution in [0.1, 0.15) is 24.8 Å². The lowest BCUT2D eigenvalue weighted by Crippen LogP contribution is -2.39. The number of anilines is 1. The smallest absolute Gasteiger partial charge is 0.321 e. The van der Waals surface area contributed by atoms with Crippen molar-refractivity contribution in [2.75, 3.05) is 25.1 Å². The number of hydrogen-bond acceptors (Lipinski definition) is 3. The number of piperidine rings is 1. The molecule has 30 heavy (non-hydrogen) atoms. The molecule has 2 heterocycles. The van der Waals surface area contributed by atoms with Crippen LogP contribution in [0.5, 0.6) is 5.75 Å². The molecule has 0 saturated carbocycles. The number of halogens is 3. The van der Waals surface area contributed by atoms with Crippen molar-refractivity contribution in [3.05, 3.63) is 59.9 Å². The Bertz CT molecular complexity index is 854. The number of hydrogen-bond donors (Lipinski definition) is 1. The highest BCUT2D eigenvalue weighted by Gasteiger charge is 2.22. The average molecular weight is 419 g/mol. The van der Waals surface area contributed by atoms with Crippen molar-refractivity contribution in [2.24, 2.45) is 0 Å². The first-order chi connectivity index (χ1) is 14.5. The fourth-order valence-electron chi connectivity index (χ4n) is 3.13. The summed E-state index contributed by atoms with van der Waals surface area (Å²) in [5, 5.41) is 2.82. The maximum absolute atomic E-state index is 13.7. The van der Waals surface area contributed by atoms with Gasteiger partial charge in [-0.1, -0.05) is 23.8 Å². The Morgan fingerprint density at radius 1 is 1.23 bits per heavy atom. The second-order valence-electron chi connectivity index (χ2n) is 7.00. The number of nitrogens with one attached hydrogen (secondary N) is 1. The van der Waals surface area contributed by atoms with Crippen LogP contribution in [-0.4, -0.2) is 48.2 Å². The van der Waals surface area contributed by atoms with E-state index in [1.165, 1.54) is 6.07 Å². The molecule has 0 bridgehead atoms. The van der Waals surface area contributed by atoms with Gasteiger partial charge in [-0.3, -0.25) is 9.37 Å². The number of carbonyl (C=O) groups is 1. The summed E-state index contributed by atoms with van der Waals surface area (Å²) in [6.07, 6.45) is 1.87. The van der Waals surface area contributed by atoms with Crippen LogP contribution in [0.4, 0.5) is 23.7 Å². The third-order valence-electron chi connectivity index (χ3n) is 4.75. The summed E-state index contributed by atoms with van der Waals surface area (Å²) in [6.45, 7) is 0.217. The fraction of sp³-hybridized carbons (Fsp3) is 0.364. The minimum absolute atomic E-state index is 0.166. The van der Waals surface area contributed by atoms with E-state index < -0.39 is 25.6 Å². The monoisotopic (exact) mass is 419 g/mol. The zero-order chi connectivity index (χ0) is 21.3. The predicted molar refractivity (Wildman–Crippen MR) is 109 cm³/mol. The minimum Gasteiger partial charge on any atom is -0.457 e. The van der Waals surface area contributed by atoms with E-state index in [2.05, 4.69) is 10.3 Å². The molecule has 1 saturated heterocycles. The molecule has 2 aromatic rings. The Hall–Kier alpha value is -3.03. The highest BCUT2D eigenvalue weighted by molar-refractivity contribution is 5.89. The predicted octanol–water partition coefficient (Wildman–Crippen LogP) is 5.17. The first kappa shape index (κ1) is 21.7. The van der Waals surface area contributed by atoms with E-state index in [9.17, 15) is 18.0 Å². The van der Waals surface area contributed by atoms with Crippen molar-refractivity contribution in [3.63, 3.8) is 0 Å². The molecule has 1 aliphatic heterocycles. The highest BCUT2D eigenvalue weighted by atomic mass is 19.2. The quantitative estimate of drug-likeness (QED) is 0.674. The number of alkyl halides is 3. The molecule has 1 aromatic carbocycles. The maximum Gasteiger partial charge on any atom is 0.321 e. The lowest BCUT2D eigenvalue weighted by molar-refractivity contribution is -0.0111. The number of amides is 2. The molecule has 2 atom stereocenters. The largest absolute Gasteiger partial charge is 0.457 e. The van der Waals surface area contributed by atoms with E-state index in [0.29, 0.717) is 31.6 Å². The number of pyridine rings is 1. The van der Waals surface area contributed by atoms with Crippen LogP contribution in [0, 0.1) is 0 Å². The molecule has 2 unspecified atom stereocenters. The van der Waals surface area contributed by atoms with Crippen LogP contribution >= 0.6 is 0 Å². The van der Waals surface area contributed by atoms with Gasteiger partial charge in [0.05, 0.1) is 18.6 Å². The van der Waals surface area contributed by atoms with E-state index in [1.54, 1.807) is 41.6 Å².